The maximum Gasteiger partial charge on any atom is 0.261 e. The highest BCUT2D eigenvalue weighted by Crippen LogP contribution is 2.25. The van der Waals surface area contributed by atoms with Crippen molar-refractivity contribution < 1.29 is 18.0 Å². The van der Waals surface area contributed by atoms with E-state index in [1.54, 1.807) is 30.3 Å². The van der Waals surface area contributed by atoms with E-state index in [1.807, 2.05) is 18.3 Å². The lowest BCUT2D eigenvalue weighted by molar-refractivity contribution is 0.0652. The van der Waals surface area contributed by atoms with Crippen LogP contribution in [0.1, 0.15) is 38.3 Å². The van der Waals surface area contributed by atoms with Crippen LogP contribution in [0, 0.1) is 0 Å². The Hall–Kier alpha value is -2.97. The molecule has 0 fully saturated rings. The maximum absolute atomic E-state index is 12.5. The number of hydrogen-bond donors (Lipinski definition) is 2. The molecule has 29 heavy (non-hydrogen) atoms. The van der Waals surface area contributed by atoms with Crippen molar-refractivity contribution in [1.82, 2.24) is 14.6 Å². The van der Waals surface area contributed by atoms with Gasteiger partial charge in [0.15, 0.2) is 0 Å². The van der Waals surface area contributed by atoms with Gasteiger partial charge in [-0.05, 0) is 55.3 Å². The number of hydrogen-bond acceptors (Lipinski definition) is 4. The monoisotopic (exact) mass is 411 g/mol. The van der Waals surface area contributed by atoms with Crippen LogP contribution in [0.4, 0.5) is 0 Å². The molecule has 0 atom stereocenters. The summed E-state index contributed by atoms with van der Waals surface area (Å²) < 4.78 is 26.0. The minimum Gasteiger partial charge on any atom is -0.361 e. The van der Waals surface area contributed by atoms with Crippen molar-refractivity contribution in [2.75, 3.05) is 13.6 Å². The molecule has 0 aliphatic carbocycles. The lowest BCUT2D eigenvalue weighted by Gasteiger charge is -2.13. The second kappa shape index (κ2) is 7.46. The Morgan fingerprint density at radius 3 is 2.38 bits per heavy atom. The molecule has 4 rings (SSSR count). The van der Waals surface area contributed by atoms with E-state index >= 15 is 0 Å². The Bertz CT molecular complexity index is 1180. The maximum atomic E-state index is 12.5. The number of carbonyl (C=O) groups excluding carboxylic acids is 2. The van der Waals surface area contributed by atoms with E-state index < -0.39 is 10.0 Å². The topological polar surface area (TPSA) is 99.3 Å². The number of benzene rings is 2. The van der Waals surface area contributed by atoms with Gasteiger partial charge in [-0.3, -0.25) is 14.5 Å². The molecule has 0 unspecified atom stereocenters. The van der Waals surface area contributed by atoms with Crippen molar-refractivity contribution in [3.63, 3.8) is 0 Å². The number of imide groups is 1. The average molecular weight is 411 g/mol. The van der Waals surface area contributed by atoms with Gasteiger partial charge in [0.05, 0.1) is 16.9 Å². The van der Waals surface area contributed by atoms with E-state index in [4.69, 9.17) is 0 Å². The molecule has 1 aliphatic heterocycles. The summed E-state index contributed by atoms with van der Waals surface area (Å²) in [5.41, 5.74) is 3.57. The number of amides is 2. The van der Waals surface area contributed by atoms with Crippen LogP contribution in [0.15, 0.2) is 48.7 Å². The van der Waals surface area contributed by atoms with Gasteiger partial charge in [-0.1, -0.05) is 18.2 Å². The zero-order valence-electron chi connectivity index (χ0n) is 15.9. The second-order valence-corrected chi connectivity index (χ2v) is 8.99. The first-order chi connectivity index (χ1) is 13.9. The molecule has 0 spiro atoms. The van der Waals surface area contributed by atoms with Crippen molar-refractivity contribution in [3.8, 4) is 0 Å². The number of nitrogens with one attached hydrogen (secondary N) is 2. The summed E-state index contributed by atoms with van der Waals surface area (Å²) in [5.74, 6) is -0.577. The third kappa shape index (κ3) is 3.68. The van der Waals surface area contributed by atoms with Crippen molar-refractivity contribution in [2.45, 2.75) is 18.6 Å². The van der Waals surface area contributed by atoms with Gasteiger partial charge in [-0.15, -0.1) is 0 Å². The van der Waals surface area contributed by atoms with E-state index in [0.717, 1.165) is 16.5 Å². The van der Waals surface area contributed by atoms with Crippen molar-refractivity contribution in [1.29, 1.82) is 0 Å². The summed E-state index contributed by atoms with van der Waals surface area (Å²) in [6.07, 6.45) is 3.18. The molecule has 2 N–H and O–H groups in total. The minimum absolute atomic E-state index is 0.0842. The third-order valence-corrected chi connectivity index (χ3v) is 6.54. The summed E-state index contributed by atoms with van der Waals surface area (Å²) >= 11 is 0. The van der Waals surface area contributed by atoms with Crippen LogP contribution in [0.5, 0.6) is 0 Å². The van der Waals surface area contributed by atoms with Crippen LogP contribution in [0.25, 0.3) is 10.9 Å². The molecular weight excluding hydrogens is 390 g/mol. The van der Waals surface area contributed by atoms with Crippen LogP contribution in [0.2, 0.25) is 0 Å². The molecule has 7 nitrogen and oxygen atoms in total. The average Bonchev–Trinajstić information content (AvgIpc) is 3.22. The van der Waals surface area contributed by atoms with Gasteiger partial charge in [-0.25, -0.2) is 13.1 Å². The van der Waals surface area contributed by atoms with Crippen LogP contribution < -0.4 is 4.72 Å². The fourth-order valence-electron chi connectivity index (χ4n) is 3.68. The number of H-pyrrole nitrogens is 1. The summed E-state index contributed by atoms with van der Waals surface area (Å²) in [6, 6.07) is 12.4. The molecule has 150 valence electrons. The standard InChI is InChI=1S/C21H21N3O4S/c1-22-29(27,28)13-14-8-9-19-18(11-14)15(12-23-19)5-4-10-24-20(25)16-6-2-3-7-17(16)21(24)26/h2-3,6-9,11-12,22-23H,4-5,10,13H2,1H3. The Morgan fingerprint density at radius 1 is 1.03 bits per heavy atom. The largest absolute Gasteiger partial charge is 0.361 e. The summed E-state index contributed by atoms with van der Waals surface area (Å²) in [4.78, 5) is 29.4. The van der Waals surface area contributed by atoms with Crippen LogP contribution in [-0.2, 0) is 22.2 Å². The van der Waals surface area contributed by atoms with Gasteiger partial charge < -0.3 is 4.98 Å². The predicted molar refractivity (Wildman–Crippen MR) is 110 cm³/mol. The van der Waals surface area contributed by atoms with Crippen molar-refractivity contribution in [3.05, 3.63) is 70.9 Å². The molecule has 8 heteroatoms. The highest BCUT2D eigenvalue weighted by atomic mass is 32.2. The number of nitrogens with zero attached hydrogens (tertiary/aromatic N) is 1. The molecule has 2 amide bonds. The summed E-state index contributed by atoms with van der Waals surface area (Å²) in [6.45, 7) is 0.340. The molecule has 2 heterocycles. The Kier molecular flexibility index (Phi) is 4.97. The van der Waals surface area contributed by atoms with Gasteiger partial charge in [0.25, 0.3) is 11.8 Å². The fourth-order valence-corrected chi connectivity index (χ4v) is 4.45. The Balaban J connectivity index is 1.47. The van der Waals surface area contributed by atoms with Gasteiger partial charge in [0.2, 0.25) is 10.0 Å². The molecule has 0 saturated carbocycles. The first kappa shape index (κ1) is 19.4. The zero-order valence-corrected chi connectivity index (χ0v) is 16.8. The molecule has 0 radical (unpaired) electrons. The van der Waals surface area contributed by atoms with Gasteiger partial charge in [0, 0.05) is 23.6 Å². The normalized spacial score (nSPS) is 14.0. The SMILES string of the molecule is CNS(=O)(=O)Cc1ccc2[nH]cc(CCCN3C(=O)c4ccccc4C3=O)c2c1. The van der Waals surface area contributed by atoms with E-state index in [9.17, 15) is 18.0 Å². The number of carbonyl (C=O) groups is 2. The zero-order chi connectivity index (χ0) is 20.6. The second-order valence-electron chi connectivity index (χ2n) is 7.07. The van der Waals surface area contributed by atoms with E-state index in [1.165, 1.54) is 11.9 Å². The third-order valence-electron chi connectivity index (χ3n) is 5.21. The first-order valence-electron chi connectivity index (χ1n) is 9.35. The van der Waals surface area contributed by atoms with E-state index in [-0.39, 0.29) is 17.6 Å². The van der Waals surface area contributed by atoms with Crippen molar-refractivity contribution >= 4 is 32.7 Å². The molecule has 1 aliphatic rings. The van der Waals surface area contributed by atoms with Gasteiger partial charge in [-0.2, -0.15) is 0 Å². The number of aromatic nitrogens is 1. The smallest absolute Gasteiger partial charge is 0.261 e. The molecule has 3 aromatic rings. The molecule has 1 aromatic heterocycles. The van der Waals surface area contributed by atoms with Crippen LogP contribution >= 0.6 is 0 Å². The minimum atomic E-state index is -3.35. The summed E-state index contributed by atoms with van der Waals surface area (Å²) in [7, 11) is -1.95. The molecular formula is C21H21N3O4S. The van der Waals surface area contributed by atoms with Crippen LogP contribution in [-0.4, -0.2) is 43.7 Å². The van der Waals surface area contributed by atoms with Gasteiger partial charge >= 0.3 is 0 Å². The molecule has 2 aromatic carbocycles. The highest BCUT2D eigenvalue weighted by molar-refractivity contribution is 7.88. The lowest BCUT2D eigenvalue weighted by atomic mass is 10.1. The molecule has 0 saturated heterocycles. The Morgan fingerprint density at radius 2 is 1.72 bits per heavy atom. The first-order valence-corrected chi connectivity index (χ1v) is 11.0. The number of rotatable bonds is 7. The van der Waals surface area contributed by atoms with E-state index in [0.29, 0.717) is 36.1 Å². The lowest BCUT2D eigenvalue weighted by Crippen LogP contribution is -2.30. The fraction of sp³-hybridized carbons (Fsp3) is 0.238. The molecule has 0 bridgehead atoms. The quantitative estimate of drug-likeness (QED) is 0.583. The summed E-state index contributed by atoms with van der Waals surface area (Å²) in [5, 5.41) is 0.955. The Labute approximate surface area is 168 Å². The number of aryl methyl sites for hydroxylation is 1. The number of fused-ring (bicyclic) bond motifs is 2. The number of sulfonamides is 1. The highest BCUT2D eigenvalue weighted by Gasteiger charge is 2.34. The van der Waals surface area contributed by atoms with Crippen molar-refractivity contribution in [2.24, 2.45) is 0 Å². The van der Waals surface area contributed by atoms with Crippen LogP contribution in [0.3, 0.4) is 0 Å². The van der Waals surface area contributed by atoms with E-state index in [2.05, 4.69) is 9.71 Å². The predicted octanol–water partition coefficient (Wildman–Crippen LogP) is 2.45. The number of aromatic amines is 1. The van der Waals surface area contributed by atoms with Gasteiger partial charge in [0.1, 0.15) is 0 Å².